The monoisotopic (exact) mass is 289 g/mol. The van der Waals surface area contributed by atoms with E-state index in [-0.39, 0.29) is 18.1 Å². The van der Waals surface area contributed by atoms with Gasteiger partial charge in [0.05, 0.1) is 17.1 Å². The quantitative estimate of drug-likeness (QED) is 0.828. The van der Waals surface area contributed by atoms with E-state index >= 15 is 0 Å². The number of hydrogen-bond donors (Lipinski definition) is 1. The Bertz CT molecular complexity index is 619. The van der Waals surface area contributed by atoms with Crippen LogP contribution in [0.2, 0.25) is 0 Å². The largest absolute Gasteiger partial charge is 0.461 e. The molecule has 114 valence electrons. The summed E-state index contributed by atoms with van der Waals surface area (Å²) in [4.78, 5) is 17.0. The zero-order chi connectivity index (χ0) is 15.4. The van der Waals surface area contributed by atoms with E-state index in [4.69, 9.17) is 4.74 Å². The molecule has 0 amide bonds. The minimum absolute atomic E-state index is 0.121. The second-order valence-electron chi connectivity index (χ2n) is 5.23. The summed E-state index contributed by atoms with van der Waals surface area (Å²) in [5.41, 5.74) is 1.82. The van der Waals surface area contributed by atoms with E-state index in [9.17, 15) is 4.79 Å². The number of rotatable bonds is 6. The van der Waals surface area contributed by atoms with Crippen LogP contribution in [0, 0.1) is 0 Å². The van der Waals surface area contributed by atoms with Crippen LogP contribution >= 0.6 is 0 Å². The standard InChI is InChI=1S/C16H23N3O2/c1-5-13(15(20)21-11(3)4)19-14-10-8-7-9-12(14)18-16(19)17-6-2/h7-11,13H,5-6H2,1-4H3,(H,17,18). The van der Waals surface area contributed by atoms with E-state index in [0.29, 0.717) is 12.4 Å². The highest BCUT2D eigenvalue weighted by Crippen LogP contribution is 2.27. The van der Waals surface area contributed by atoms with E-state index in [1.165, 1.54) is 0 Å². The van der Waals surface area contributed by atoms with Crippen molar-refractivity contribution in [2.45, 2.75) is 46.3 Å². The number of nitrogens with zero attached hydrogens (tertiary/aromatic N) is 2. The van der Waals surface area contributed by atoms with Gasteiger partial charge in [-0.15, -0.1) is 0 Å². The van der Waals surface area contributed by atoms with Gasteiger partial charge in [0, 0.05) is 6.54 Å². The van der Waals surface area contributed by atoms with Gasteiger partial charge in [-0.1, -0.05) is 19.1 Å². The Labute approximate surface area is 125 Å². The molecule has 1 atom stereocenters. The van der Waals surface area contributed by atoms with Crippen LogP contribution in [0.5, 0.6) is 0 Å². The lowest BCUT2D eigenvalue weighted by atomic mass is 10.2. The first-order valence-electron chi connectivity index (χ1n) is 7.49. The number of para-hydroxylation sites is 2. The third-order valence-electron chi connectivity index (χ3n) is 3.25. The highest BCUT2D eigenvalue weighted by molar-refractivity contribution is 5.83. The smallest absolute Gasteiger partial charge is 0.329 e. The van der Waals surface area contributed by atoms with Gasteiger partial charge in [-0.25, -0.2) is 9.78 Å². The van der Waals surface area contributed by atoms with Gasteiger partial charge in [0.25, 0.3) is 0 Å². The van der Waals surface area contributed by atoms with E-state index < -0.39 is 0 Å². The summed E-state index contributed by atoms with van der Waals surface area (Å²) < 4.78 is 7.34. The molecule has 0 fully saturated rings. The maximum Gasteiger partial charge on any atom is 0.329 e. The highest BCUT2D eigenvalue weighted by atomic mass is 16.5. The number of carbonyl (C=O) groups is 1. The number of imidazole rings is 1. The van der Waals surface area contributed by atoms with Crippen LogP contribution in [-0.4, -0.2) is 28.2 Å². The molecule has 1 aromatic heterocycles. The van der Waals surface area contributed by atoms with E-state index in [2.05, 4.69) is 10.3 Å². The van der Waals surface area contributed by atoms with Gasteiger partial charge in [0.1, 0.15) is 6.04 Å². The normalized spacial score (nSPS) is 12.6. The molecule has 0 saturated carbocycles. The highest BCUT2D eigenvalue weighted by Gasteiger charge is 2.25. The van der Waals surface area contributed by atoms with Gasteiger partial charge in [-0.3, -0.25) is 4.57 Å². The lowest BCUT2D eigenvalue weighted by Gasteiger charge is -2.20. The summed E-state index contributed by atoms with van der Waals surface area (Å²) in [6.45, 7) is 8.47. The Morgan fingerprint density at radius 1 is 1.33 bits per heavy atom. The predicted molar refractivity (Wildman–Crippen MR) is 84.5 cm³/mol. The van der Waals surface area contributed by atoms with E-state index in [0.717, 1.165) is 17.6 Å². The topological polar surface area (TPSA) is 56.2 Å². The van der Waals surface area contributed by atoms with Crippen molar-refractivity contribution < 1.29 is 9.53 Å². The number of fused-ring (bicyclic) bond motifs is 1. The second kappa shape index (κ2) is 6.61. The molecule has 0 spiro atoms. The lowest BCUT2D eigenvalue weighted by molar-refractivity contribution is -0.151. The van der Waals surface area contributed by atoms with Crippen LogP contribution in [0.4, 0.5) is 5.95 Å². The van der Waals surface area contributed by atoms with Crippen LogP contribution < -0.4 is 5.32 Å². The van der Waals surface area contributed by atoms with Gasteiger partial charge in [-0.2, -0.15) is 0 Å². The Hall–Kier alpha value is -2.04. The minimum atomic E-state index is -0.367. The summed E-state index contributed by atoms with van der Waals surface area (Å²) in [5.74, 6) is 0.501. The van der Waals surface area contributed by atoms with Crippen molar-refractivity contribution in [3.05, 3.63) is 24.3 Å². The first-order chi connectivity index (χ1) is 10.1. The molecule has 0 bridgehead atoms. The Morgan fingerprint density at radius 2 is 2.05 bits per heavy atom. The SMILES string of the molecule is CCNc1nc2ccccc2n1C(CC)C(=O)OC(C)C. The molecule has 0 saturated heterocycles. The lowest BCUT2D eigenvalue weighted by Crippen LogP contribution is -2.25. The Kier molecular flexibility index (Phi) is 4.83. The van der Waals surface area contributed by atoms with Crippen LogP contribution in [0.25, 0.3) is 11.0 Å². The second-order valence-corrected chi connectivity index (χ2v) is 5.23. The molecule has 1 heterocycles. The number of benzene rings is 1. The van der Waals surface area contributed by atoms with Crippen LogP contribution in [0.3, 0.4) is 0 Å². The third-order valence-corrected chi connectivity index (χ3v) is 3.25. The molecule has 0 aliphatic carbocycles. The zero-order valence-electron chi connectivity index (χ0n) is 13.1. The first-order valence-corrected chi connectivity index (χ1v) is 7.49. The van der Waals surface area contributed by atoms with Gasteiger partial charge < -0.3 is 10.1 Å². The van der Waals surface area contributed by atoms with Crippen molar-refractivity contribution in [3.8, 4) is 0 Å². The average molecular weight is 289 g/mol. The molecule has 2 aromatic rings. The molecule has 1 unspecified atom stereocenters. The molecule has 1 N–H and O–H groups in total. The van der Waals surface area contributed by atoms with Crippen molar-refractivity contribution in [1.82, 2.24) is 9.55 Å². The van der Waals surface area contributed by atoms with Crippen LogP contribution in [0.1, 0.15) is 40.2 Å². The maximum absolute atomic E-state index is 12.4. The fourth-order valence-electron chi connectivity index (χ4n) is 2.41. The number of esters is 1. The fraction of sp³-hybridized carbons (Fsp3) is 0.500. The number of carbonyl (C=O) groups excluding carboxylic acids is 1. The van der Waals surface area contributed by atoms with Crippen molar-refractivity contribution in [2.24, 2.45) is 0 Å². The van der Waals surface area contributed by atoms with Crippen molar-refractivity contribution >= 4 is 23.0 Å². The van der Waals surface area contributed by atoms with E-state index in [1.807, 2.05) is 56.5 Å². The summed E-state index contributed by atoms with van der Waals surface area (Å²) in [7, 11) is 0. The molecule has 0 aliphatic rings. The zero-order valence-corrected chi connectivity index (χ0v) is 13.1. The molecule has 5 nitrogen and oxygen atoms in total. The molecule has 5 heteroatoms. The van der Waals surface area contributed by atoms with Crippen molar-refractivity contribution in [3.63, 3.8) is 0 Å². The van der Waals surface area contributed by atoms with Gasteiger partial charge >= 0.3 is 5.97 Å². The maximum atomic E-state index is 12.4. The van der Waals surface area contributed by atoms with Gasteiger partial charge in [0.2, 0.25) is 5.95 Å². The molecule has 21 heavy (non-hydrogen) atoms. The number of aromatic nitrogens is 2. The van der Waals surface area contributed by atoms with E-state index in [1.54, 1.807) is 0 Å². The summed E-state index contributed by atoms with van der Waals surface area (Å²) in [6, 6.07) is 7.47. The van der Waals surface area contributed by atoms with Crippen LogP contribution in [0.15, 0.2) is 24.3 Å². The Morgan fingerprint density at radius 3 is 2.67 bits per heavy atom. The van der Waals surface area contributed by atoms with Crippen molar-refractivity contribution in [1.29, 1.82) is 0 Å². The molecule has 0 aliphatic heterocycles. The molecular weight excluding hydrogens is 266 g/mol. The number of ether oxygens (including phenoxy) is 1. The number of nitrogens with one attached hydrogen (secondary N) is 1. The summed E-state index contributed by atoms with van der Waals surface area (Å²) in [5, 5.41) is 3.23. The van der Waals surface area contributed by atoms with Crippen molar-refractivity contribution in [2.75, 3.05) is 11.9 Å². The first kappa shape index (κ1) is 15.4. The summed E-state index contributed by atoms with van der Waals surface area (Å²) in [6.07, 6.45) is 0.536. The number of anilines is 1. The average Bonchev–Trinajstić information content (AvgIpc) is 2.78. The van der Waals surface area contributed by atoms with Gasteiger partial charge in [0.15, 0.2) is 0 Å². The van der Waals surface area contributed by atoms with Gasteiger partial charge in [-0.05, 0) is 39.3 Å². The molecular formula is C16H23N3O2. The minimum Gasteiger partial charge on any atom is -0.461 e. The predicted octanol–water partition coefficient (Wildman–Crippen LogP) is 3.37. The van der Waals surface area contributed by atoms with Crippen LogP contribution in [-0.2, 0) is 9.53 Å². The Balaban J connectivity index is 2.50. The fourth-order valence-corrected chi connectivity index (χ4v) is 2.41. The number of hydrogen-bond acceptors (Lipinski definition) is 4. The molecule has 1 aromatic carbocycles. The third kappa shape index (κ3) is 3.17. The molecule has 2 rings (SSSR count). The molecule has 0 radical (unpaired) electrons. The summed E-state index contributed by atoms with van der Waals surface area (Å²) >= 11 is 0.